The molecule has 0 spiro atoms. The van der Waals surface area contributed by atoms with E-state index >= 15 is 0 Å². The van der Waals surface area contributed by atoms with Gasteiger partial charge >= 0.3 is 0 Å². The lowest BCUT2D eigenvalue weighted by atomic mass is 10.1. The van der Waals surface area contributed by atoms with E-state index < -0.39 is 0 Å². The van der Waals surface area contributed by atoms with Gasteiger partial charge in [0.25, 0.3) is 0 Å². The molecule has 15 heavy (non-hydrogen) atoms. The average molecular weight is 206 g/mol. The fourth-order valence-electron chi connectivity index (χ4n) is 2.00. The zero-order valence-electron chi connectivity index (χ0n) is 9.02. The van der Waals surface area contributed by atoms with Crippen molar-refractivity contribution in [1.82, 2.24) is 14.5 Å². The smallest absolute Gasteiger partial charge is 0.0957 e. The van der Waals surface area contributed by atoms with Crippen molar-refractivity contribution in [3.63, 3.8) is 0 Å². The highest BCUT2D eigenvalue weighted by Gasteiger charge is 2.13. The van der Waals surface area contributed by atoms with Gasteiger partial charge in [0.2, 0.25) is 0 Å². The SMILES string of the molecule is N=C1CCCCN1CCCn1ccnc1. The summed E-state index contributed by atoms with van der Waals surface area (Å²) >= 11 is 0. The number of piperidine rings is 1. The van der Waals surface area contributed by atoms with E-state index in [1.807, 2.05) is 18.7 Å². The molecule has 0 unspecified atom stereocenters. The molecule has 2 rings (SSSR count). The molecule has 1 aromatic rings. The molecule has 0 radical (unpaired) electrons. The number of aryl methyl sites for hydroxylation is 1. The molecule has 2 heterocycles. The molecular weight excluding hydrogens is 188 g/mol. The van der Waals surface area contributed by atoms with Gasteiger partial charge in [-0.1, -0.05) is 0 Å². The molecular formula is C11H18N4. The molecule has 0 saturated carbocycles. The first-order valence-electron chi connectivity index (χ1n) is 5.64. The van der Waals surface area contributed by atoms with Crippen molar-refractivity contribution in [3.05, 3.63) is 18.7 Å². The summed E-state index contributed by atoms with van der Waals surface area (Å²) in [6, 6.07) is 0. The Kier molecular flexibility index (Phi) is 3.37. The van der Waals surface area contributed by atoms with E-state index in [4.69, 9.17) is 5.41 Å². The summed E-state index contributed by atoms with van der Waals surface area (Å²) in [4.78, 5) is 6.22. The van der Waals surface area contributed by atoms with Crippen molar-refractivity contribution in [2.45, 2.75) is 32.2 Å². The molecule has 4 nitrogen and oxygen atoms in total. The maximum atomic E-state index is 7.81. The number of rotatable bonds is 4. The summed E-state index contributed by atoms with van der Waals surface area (Å²) in [5, 5.41) is 7.81. The molecule has 1 saturated heterocycles. The Labute approximate surface area is 90.4 Å². The molecule has 82 valence electrons. The Morgan fingerprint density at radius 2 is 2.27 bits per heavy atom. The van der Waals surface area contributed by atoms with Crippen molar-refractivity contribution < 1.29 is 0 Å². The zero-order valence-corrected chi connectivity index (χ0v) is 9.02. The Balaban J connectivity index is 1.71. The van der Waals surface area contributed by atoms with E-state index in [0.29, 0.717) is 0 Å². The highest BCUT2D eigenvalue weighted by Crippen LogP contribution is 2.11. The minimum absolute atomic E-state index is 0.826. The van der Waals surface area contributed by atoms with Gasteiger partial charge in [-0.25, -0.2) is 4.98 Å². The van der Waals surface area contributed by atoms with Crippen LogP contribution in [-0.2, 0) is 6.54 Å². The lowest BCUT2D eigenvalue weighted by Crippen LogP contribution is -2.35. The fraction of sp³-hybridized carbons (Fsp3) is 0.636. The van der Waals surface area contributed by atoms with Crippen LogP contribution in [0, 0.1) is 5.41 Å². The minimum Gasteiger partial charge on any atom is -0.360 e. The third-order valence-electron chi connectivity index (χ3n) is 2.88. The Morgan fingerprint density at radius 1 is 1.33 bits per heavy atom. The van der Waals surface area contributed by atoms with Crippen LogP contribution in [0.2, 0.25) is 0 Å². The number of aromatic nitrogens is 2. The van der Waals surface area contributed by atoms with E-state index in [1.54, 1.807) is 0 Å². The molecule has 1 aromatic heterocycles. The van der Waals surface area contributed by atoms with Gasteiger partial charge in [0.05, 0.1) is 12.2 Å². The second kappa shape index (κ2) is 4.96. The second-order valence-electron chi connectivity index (χ2n) is 4.04. The number of nitrogens with one attached hydrogen (secondary N) is 1. The van der Waals surface area contributed by atoms with Crippen LogP contribution in [0.5, 0.6) is 0 Å². The van der Waals surface area contributed by atoms with Crippen LogP contribution in [0.4, 0.5) is 0 Å². The van der Waals surface area contributed by atoms with Crippen molar-refractivity contribution in [1.29, 1.82) is 5.41 Å². The molecule has 1 fully saturated rings. The first-order chi connectivity index (χ1) is 7.36. The van der Waals surface area contributed by atoms with Crippen molar-refractivity contribution >= 4 is 5.84 Å². The molecule has 1 aliphatic heterocycles. The van der Waals surface area contributed by atoms with Gasteiger partial charge in [-0.05, 0) is 19.3 Å². The summed E-state index contributed by atoms with van der Waals surface area (Å²) in [5.74, 6) is 0.826. The van der Waals surface area contributed by atoms with Gasteiger partial charge in [-0.15, -0.1) is 0 Å². The number of imidazole rings is 1. The highest BCUT2D eigenvalue weighted by molar-refractivity contribution is 5.79. The van der Waals surface area contributed by atoms with Gasteiger partial charge in [0.15, 0.2) is 0 Å². The summed E-state index contributed by atoms with van der Waals surface area (Å²) < 4.78 is 2.09. The second-order valence-corrected chi connectivity index (χ2v) is 4.04. The largest absolute Gasteiger partial charge is 0.360 e. The van der Waals surface area contributed by atoms with Crippen molar-refractivity contribution in [2.75, 3.05) is 13.1 Å². The Bertz CT molecular complexity index is 304. The summed E-state index contributed by atoms with van der Waals surface area (Å²) in [6.07, 6.45) is 10.1. The molecule has 0 aromatic carbocycles. The van der Waals surface area contributed by atoms with E-state index in [1.165, 1.54) is 12.8 Å². The quantitative estimate of drug-likeness (QED) is 0.815. The van der Waals surface area contributed by atoms with Crippen molar-refractivity contribution in [2.24, 2.45) is 0 Å². The van der Waals surface area contributed by atoms with Crippen LogP contribution < -0.4 is 0 Å². The number of likely N-dealkylation sites (tertiary alicyclic amines) is 1. The van der Waals surface area contributed by atoms with Gasteiger partial charge in [-0.3, -0.25) is 5.41 Å². The lowest BCUT2D eigenvalue weighted by molar-refractivity contribution is 0.353. The first-order valence-corrected chi connectivity index (χ1v) is 5.64. The predicted octanol–water partition coefficient (Wildman–Crippen LogP) is 1.74. The molecule has 0 bridgehead atoms. The van der Waals surface area contributed by atoms with Crippen LogP contribution >= 0.6 is 0 Å². The molecule has 1 aliphatic rings. The molecule has 0 amide bonds. The van der Waals surface area contributed by atoms with E-state index in [9.17, 15) is 0 Å². The van der Waals surface area contributed by atoms with Gasteiger partial charge < -0.3 is 9.47 Å². The standard InChI is InChI=1S/C11H18N4/c12-11-4-1-2-7-15(11)8-3-6-14-9-5-13-10-14/h5,9-10,12H,1-4,6-8H2. The number of amidine groups is 1. The van der Waals surface area contributed by atoms with Crippen LogP contribution in [0.25, 0.3) is 0 Å². The third-order valence-corrected chi connectivity index (χ3v) is 2.88. The molecule has 0 atom stereocenters. The monoisotopic (exact) mass is 206 g/mol. The average Bonchev–Trinajstić information content (AvgIpc) is 2.74. The van der Waals surface area contributed by atoms with E-state index in [-0.39, 0.29) is 0 Å². The van der Waals surface area contributed by atoms with Crippen LogP contribution in [0.1, 0.15) is 25.7 Å². The zero-order chi connectivity index (χ0) is 10.5. The normalized spacial score (nSPS) is 17.1. The van der Waals surface area contributed by atoms with Crippen LogP contribution in [-0.4, -0.2) is 33.4 Å². The summed E-state index contributed by atoms with van der Waals surface area (Å²) in [7, 11) is 0. The molecule has 1 N–H and O–H groups in total. The van der Waals surface area contributed by atoms with Gasteiger partial charge in [-0.2, -0.15) is 0 Å². The predicted molar refractivity (Wildman–Crippen MR) is 60.0 cm³/mol. The van der Waals surface area contributed by atoms with Gasteiger partial charge in [0, 0.05) is 38.4 Å². The fourth-order valence-corrected chi connectivity index (χ4v) is 2.00. The maximum Gasteiger partial charge on any atom is 0.0957 e. The Hall–Kier alpha value is -1.32. The molecule has 0 aliphatic carbocycles. The highest BCUT2D eigenvalue weighted by atomic mass is 15.2. The topological polar surface area (TPSA) is 44.9 Å². The first kappa shape index (κ1) is 10.2. The third kappa shape index (κ3) is 2.81. The number of hydrogen-bond donors (Lipinski definition) is 1. The Morgan fingerprint density at radius 3 is 3.00 bits per heavy atom. The minimum atomic E-state index is 0.826. The van der Waals surface area contributed by atoms with E-state index in [2.05, 4.69) is 14.5 Å². The van der Waals surface area contributed by atoms with Crippen molar-refractivity contribution in [3.8, 4) is 0 Å². The number of hydrogen-bond acceptors (Lipinski definition) is 2. The van der Waals surface area contributed by atoms with Crippen LogP contribution in [0.15, 0.2) is 18.7 Å². The molecule has 4 heteroatoms. The maximum absolute atomic E-state index is 7.81. The van der Waals surface area contributed by atoms with E-state index in [0.717, 1.165) is 38.3 Å². The summed E-state index contributed by atoms with van der Waals surface area (Å²) in [6.45, 7) is 3.09. The van der Waals surface area contributed by atoms with Gasteiger partial charge in [0.1, 0.15) is 0 Å². The number of nitrogens with zero attached hydrogens (tertiary/aromatic N) is 3. The summed E-state index contributed by atoms with van der Waals surface area (Å²) in [5.41, 5.74) is 0. The van der Waals surface area contributed by atoms with Crippen LogP contribution in [0.3, 0.4) is 0 Å². The lowest BCUT2D eigenvalue weighted by Gasteiger charge is -2.29.